The lowest BCUT2D eigenvalue weighted by Crippen LogP contribution is -2.29. The van der Waals surface area contributed by atoms with Gasteiger partial charge in [0.25, 0.3) is 0 Å². The molecule has 4 rings (SSSR count). The summed E-state index contributed by atoms with van der Waals surface area (Å²) in [5.74, 6) is 0.0508. The number of sulfone groups is 1. The van der Waals surface area contributed by atoms with E-state index in [1.807, 2.05) is 4.57 Å². The lowest BCUT2D eigenvalue weighted by atomic mass is 9.98. The number of rotatable bonds is 4. The van der Waals surface area contributed by atoms with Crippen LogP contribution in [0.1, 0.15) is 12.8 Å². The fourth-order valence-corrected chi connectivity index (χ4v) is 5.71. The number of nitrogens with one attached hydrogen (secondary N) is 1. The summed E-state index contributed by atoms with van der Waals surface area (Å²) in [7, 11) is -3.82. The second kappa shape index (κ2) is 7.26. The van der Waals surface area contributed by atoms with E-state index < -0.39 is 9.84 Å². The molecule has 1 fully saturated rings. The molecule has 2 heterocycles. The van der Waals surface area contributed by atoms with Gasteiger partial charge in [0.15, 0.2) is 0 Å². The highest BCUT2D eigenvalue weighted by Gasteiger charge is 2.26. The van der Waals surface area contributed by atoms with Gasteiger partial charge in [0.2, 0.25) is 9.84 Å². The van der Waals surface area contributed by atoms with Crippen LogP contribution < -0.4 is 5.32 Å². The minimum absolute atomic E-state index is 0.0666. The van der Waals surface area contributed by atoms with E-state index >= 15 is 0 Å². The summed E-state index contributed by atoms with van der Waals surface area (Å²) >= 11 is 6.14. The van der Waals surface area contributed by atoms with Crippen LogP contribution in [0.5, 0.6) is 0 Å². The molecule has 3 aromatic rings. The molecule has 1 aromatic heterocycles. The van der Waals surface area contributed by atoms with Crippen molar-refractivity contribution in [2.24, 2.45) is 5.92 Å². The van der Waals surface area contributed by atoms with Crippen LogP contribution in [-0.2, 0) is 16.4 Å². The molecule has 4 nitrogen and oxygen atoms in total. The first kappa shape index (κ1) is 18.5. The molecule has 1 aliphatic heterocycles. The normalized spacial score (nSPS) is 16.1. The molecule has 0 spiro atoms. The van der Waals surface area contributed by atoms with Crippen molar-refractivity contribution in [2.75, 3.05) is 13.1 Å². The van der Waals surface area contributed by atoms with Gasteiger partial charge in [-0.15, -0.1) is 0 Å². The lowest BCUT2D eigenvalue weighted by molar-refractivity contribution is 0.336. The topological polar surface area (TPSA) is 51.1 Å². The van der Waals surface area contributed by atoms with E-state index in [2.05, 4.69) is 5.32 Å². The SMILES string of the molecule is O=S(=O)(c1ccccc1Cl)c1cn(CC2CCNCC2)c2cc(F)ccc12. The molecular formula is C20H20ClFN2O2S. The number of nitrogens with zero attached hydrogens (tertiary/aromatic N) is 1. The van der Waals surface area contributed by atoms with Crippen molar-refractivity contribution < 1.29 is 12.8 Å². The van der Waals surface area contributed by atoms with Crippen molar-refractivity contribution in [3.05, 3.63) is 59.5 Å². The van der Waals surface area contributed by atoms with Crippen LogP contribution in [0.25, 0.3) is 10.9 Å². The van der Waals surface area contributed by atoms with Crippen LogP contribution in [0, 0.1) is 11.7 Å². The van der Waals surface area contributed by atoms with E-state index in [4.69, 9.17) is 11.6 Å². The summed E-state index contributed by atoms with van der Waals surface area (Å²) in [5, 5.41) is 4.02. The Balaban J connectivity index is 1.85. The molecule has 1 N–H and O–H groups in total. The Bertz CT molecular complexity index is 1090. The van der Waals surface area contributed by atoms with Crippen molar-refractivity contribution in [3.8, 4) is 0 Å². The van der Waals surface area contributed by atoms with Gasteiger partial charge in [0.05, 0.1) is 20.3 Å². The molecule has 1 aliphatic rings. The van der Waals surface area contributed by atoms with Crippen molar-refractivity contribution in [2.45, 2.75) is 29.2 Å². The standard InChI is InChI=1S/C20H20ClFN2O2S/c21-17-3-1-2-4-19(17)27(25,26)20-13-24(12-14-7-9-23-10-8-14)18-11-15(22)5-6-16(18)20/h1-6,11,13-14,23H,7-10,12H2. The molecule has 7 heteroatoms. The Morgan fingerprint density at radius 2 is 1.85 bits per heavy atom. The molecule has 0 radical (unpaired) electrons. The fourth-order valence-electron chi connectivity index (χ4n) is 3.72. The molecule has 0 atom stereocenters. The molecule has 2 aromatic carbocycles. The van der Waals surface area contributed by atoms with Crippen LogP contribution in [0.4, 0.5) is 4.39 Å². The Hall–Kier alpha value is -1.89. The molecule has 1 saturated heterocycles. The van der Waals surface area contributed by atoms with E-state index in [9.17, 15) is 12.8 Å². The van der Waals surface area contributed by atoms with E-state index in [0.717, 1.165) is 25.9 Å². The van der Waals surface area contributed by atoms with Crippen LogP contribution >= 0.6 is 11.6 Å². The molecule has 0 amide bonds. The molecular weight excluding hydrogens is 387 g/mol. The average Bonchev–Trinajstić information content (AvgIpc) is 3.01. The molecule has 0 bridgehead atoms. The third-order valence-corrected chi connectivity index (χ3v) is 7.42. The minimum atomic E-state index is -3.82. The summed E-state index contributed by atoms with van der Waals surface area (Å²) in [6.07, 6.45) is 3.66. The first-order valence-corrected chi connectivity index (χ1v) is 10.8. The van der Waals surface area contributed by atoms with Gasteiger partial charge in [-0.25, -0.2) is 12.8 Å². The second-order valence-electron chi connectivity index (χ2n) is 6.93. The molecule has 142 valence electrons. The maximum Gasteiger partial charge on any atom is 0.210 e. The lowest BCUT2D eigenvalue weighted by Gasteiger charge is -2.23. The van der Waals surface area contributed by atoms with E-state index in [1.165, 1.54) is 24.3 Å². The number of piperidine rings is 1. The number of hydrogen-bond donors (Lipinski definition) is 1. The van der Waals surface area contributed by atoms with Gasteiger partial charge in [-0.05, 0) is 62.2 Å². The predicted octanol–water partition coefficient (Wildman–Crippen LogP) is 4.27. The predicted molar refractivity (Wildman–Crippen MR) is 104 cm³/mol. The van der Waals surface area contributed by atoms with Gasteiger partial charge in [-0.3, -0.25) is 0 Å². The molecule has 27 heavy (non-hydrogen) atoms. The smallest absolute Gasteiger partial charge is 0.210 e. The highest BCUT2D eigenvalue weighted by molar-refractivity contribution is 7.91. The third kappa shape index (κ3) is 3.49. The van der Waals surface area contributed by atoms with Gasteiger partial charge in [0.1, 0.15) is 5.82 Å². The average molecular weight is 407 g/mol. The monoisotopic (exact) mass is 406 g/mol. The number of halogens is 2. The van der Waals surface area contributed by atoms with E-state index in [1.54, 1.807) is 24.4 Å². The van der Waals surface area contributed by atoms with Crippen molar-refractivity contribution in [1.82, 2.24) is 9.88 Å². The highest BCUT2D eigenvalue weighted by Crippen LogP contribution is 2.34. The highest BCUT2D eigenvalue weighted by atomic mass is 35.5. The number of hydrogen-bond acceptors (Lipinski definition) is 3. The number of benzene rings is 2. The van der Waals surface area contributed by atoms with Gasteiger partial charge in [0, 0.05) is 18.1 Å². The van der Waals surface area contributed by atoms with Gasteiger partial charge in [-0.2, -0.15) is 0 Å². The Labute approximate surface area is 162 Å². The van der Waals surface area contributed by atoms with E-state index in [0.29, 0.717) is 23.4 Å². The Kier molecular flexibility index (Phi) is 4.97. The zero-order valence-corrected chi connectivity index (χ0v) is 16.2. The molecule has 0 saturated carbocycles. The summed E-state index contributed by atoms with van der Waals surface area (Å²) in [6.45, 7) is 2.56. The van der Waals surface area contributed by atoms with Crippen molar-refractivity contribution in [3.63, 3.8) is 0 Å². The van der Waals surface area contributed by atoms with Crippen LogP contribution in [0.2, 0.25) is 5.02 Å². The quantitative estimate of drug-likeness (QED) is 0.704. The zero-order chi connectivity index (χ0) is 19.0. The van der Waals surface area contributed by atoms with Gasteiger partial charge >= 0.3 is 0 Å². The van der Waals surface area contributed by atoms with Crippen LogP contribution in [0.15, 0.2) is 58.5 Å². The number of aromatic nitrogens is 1. The van der Waals surface area contributed by atoms with Crippen molar-refractivity contribution in [1.29, 1.82) is 0 Å². The Morgan fingerprint density at radius 3 is 2.59 bits per heavy atom. The summed E-state index contributed by atoms with van der Waals surface area (Å²) < 4.78 is 42.3. The molecule has 0 aliphatic carbocycles. The van der Waals surface area contributed by atoms with E-state index in [-0.39, 0.29) is 20.6 Å². The maximum atomic E-state index is 13.9. The fraction of sp³-hybridized carbons (Fsp3) is 0.300. The van der Waals surface area contributed by atoms with Crippen molar-refractivity contribution >= 4 is 32.3 Å². The van der Waals surface area contributed by atoms with Gasteiger partial charge in [-0.1, -0.05) is 23.7 Å². The minimum Gasteiger partial charge on any atom is -0.346 e. The molecule has 0 unspecified atom stereocenters. The summed E-state index contributed by atoms with van der Waals surface area (Å²) in [4.78, 5) is 0.233. The number of fused-ring (bicyclic) bond motifs is 1. The summed E-state index contributed by atoms with van der Waals surface area (Å²) in [5.41, 5.74) is 0.596. The Morgan fingerprint density at radius 1 is 1.11 bits per heavy atom. The zero-order valence-electron chi connectivity index (χ0n) is 14.7. The maximum absolute atomic E-state index is 13.9. The first-order valence-electron chi connectivity index (χ1n) is 8.95. The van der Waals surface area contributed by atoms with Crippen LogP contribution in [-0.4, -0.2) is 26.1 Å². The summed E-state index contributed by atoms with van der Waals surface area (Å²) in [6, 6.07) is 10.6. The second-order valence-corrected chi connectivity index (χ2v) is 9.23. The van der Waals surface area contributed by atoms with Crippen LogP contribution in [0.3, 0.4) is 0 Å². The first-order chi connectivity index (χ1) is 13.0. The van der Waals surface area contributed by atoms with Gasteiger partial charge < -0.3 is 9.88 Å². The third-order valence-electron chi connectivity index (χ3n) is 5.14. The largest absolute Gasteiger partial charge is 0.346 e.